The van der Waals surface area contributed by atoms with E-state index in [9.17, 15) is 14.7 Å². The van der Waals surface area contributed by atoms with E-state index in [1.165, 1.54) is 4.90 Å². The zero-order valence-electron chi connectivity index (χ0n) is 22.2. The summed E-state index contributed by atoms with van der Waals surface area (Å²) in [6, 6.07) is 19.4. The number of anilines is 2. The summed E-state index contributed by atoms with van der Waals surface area (Å²) in [4.78, 5) is 30.7. The van der Waals surface area contributed by atoms with Crippen LogP contribution in [0.3, 0.4) is 0 Å². The summed E-state index contributed by atoms with van der Waals surface area (Å²) in [7, 11) is 0. The van der Waals surface area contributed by atoms with Crippen molar-refractivity contribution >= 4 is 40.4 Å². The Morgan fingerprint density at radius 3 is 2.18 bits per heavy atom. The maximum atomic E-state index is 13.5. The first-order valence-electron chi connectivity index (χ1n) is 13.0. The van der Waals surface area contributed by atoms with Crippen LogP contribution in [-0.4, -0.2) is 36.5 Å². The van der Waals surface area contributed by atoms with Gasteiger partial charge in [-0.3, -0.25) is 14.5 Å². The third-order valence-electron chi connectivity index (χ3n) is 6.91. The number of aliphatic hydroxyl groups excluding tert-OH is 1. The van der Waals surface area contributed by atoms with Crippen molar-refractivity contribution in [3.05, 3.63) is 94.0 Å². The van der Waals surface area contributed by atoms with Crippen LogP contribution in [0.25, 0.3) is 5.76 Å². The Balaban J connectivity index is 1.91. The highest BCUT2D eigenvalue weighted by Crippen LogP contribution is 2.43. The van der Waals surface area contributed by atoms with Gasteiger partial charge < -0.3 is 14.7 Å². The Hall–Kier alpha value is -3.77. The Labute approximate surface area is 229 Å². The Kier molecular flexibility index (Phi) is 8.42. The van der Waals surface area contributed by atoms with Crippen LogP contribution in [0.2, 0.25) is 5.02 Å². The van der Waals surface area contributed by atoms with E-state index in [0.29, 0.717) is 23.6 Å². The van der Waals surface area contributed by atoms with Crippen molar-refractivity contribution in [2.75, 3.05) is 29.5 Å². The lowest BCUT2D eigenvalue weighted by molar-refractivity contribution is -0.132. The molecule has 1 saturated heterocycles. The largest absolute Gasteiger partial charge is 0.507 e. The number of Topliss-reactive ketones (excluding diaryl/α,β-unsaturated/α-hetero) is 1. The van der Waals surface area contributed by atoms with Crippen LogP contribution in [0, 0.1) is 0 Å². The zero-order chi connectivity index (χ0) is 27.4. The van der Waals surface area contributed by atoms with Gasteiger partial charge in [0.2, 0.25) is 0 Å². The van der Waals surface area contributed by atoms with E-state index in [1.54, 1.807) is 18.2 Å². The van der Waals surface area contributed by atoms with Gasteiger partial charge in [-0.05, 0) is 80.8 Å². The normalized spacial score (nSPS) is 16.7. The van der Waals surface area contributed by atoms with Gasteiger partial charge in [0.05, 0.1) is 23.2 Å². The number of rotatable bonds is 9. The number of carbonyl (C=O) groups is 2. The molecule has 1 unspecified atom stereocenters. The first kappa shape index (κ1) is 27.3. The summed E-state index contributed by atoms with van der Waals surface area (Å²) in [5.74, 6) is -1.30. The number of aryl methyl sites for hydroxylation is 1. The number of aliphatic hydroxyl groups is 1. The number of hydrogen-bond acceptors (Lipinski definition) is 5. The first-order chi connectivity index (χ1) is 18.3. The summed E-state index contributed by atoms with van der Waals surface area (Å²) in [5.41, 5.74) is 3.66. The minimum atomic E-state index is -0.833. The summed E-state index contributed by atoms with van der Waals surface area (Å²) < 4.78 is 5.58. The lowest BCUT2D eigenvalue weighted by Crippen LogP contribution is -2.29. The highest BCUT2D eigenvalue weighted by atomic mass is 35.5. The monoisotopic (exact) mass is 532 g/mol. The fourth-order valence-electron chi connectivity index (χ4n) is 4.85. The van der Waals surface area contributed by atoms with E-state index in [4.69, 9.17) is 16.3 Å². The second-order valence-electron chi connectivity index (χ2n) is 9.03. The number of amides is 1. The highest BCUT2D eigenvalue weighted by molar-refractivity contribution is 6.52. The second kappa shape index (κ2) is 11.7. The molecule has 0 aliphatic carbocycles. The third kappa shape index (κ3) is 5.14. The molecule has 1 amide bonds. The Morgan fingerprint density at radius 2 is 1.61 bits per heavy atom. The van der Waals surface area contributed by atoms with Crippen molar-refractivity contribution < 1.29 is 19.4 Å². The molecule has 0 saturated carbocycles. The van der Waals surface area contributed by atoms with Gasteiger partial charge in [0.25, 0.3) is 11.7 Å². The van der Waals surface area contributed by atoms with Crippen LogP contribution in [0.15, 0.2) is 72.3 Å². The van der Waals surface area contributed by atoms with Crippen molar-refractivity contribution in [3.8, 4) is 5.75 Å². The molecule has 1 heterocycles. The molecule has 1 atom stereocenters. The fraction of sp³-hybridized carbons (Fsp3) is 0.290. The van der Waals surface area contributed by atoms with Gasteiger partial charge in [0, 0.05) is 30.0 Å². The number of halogens is 1. The molecule has 0 aromatic heterocycles. The zero-order valence-corrected chi connectivity index (χ0v) is 23.0. The highest BCUT2D eigenvalue weighted by Gasteiger charge is 2.47. The summed E-state index contributed by atoms with van der Waals surface area (Å²) in [5, 5.41) is 11.8. The molecule has 3 aromatic carbocycles. The van der Waals surface area contributed by atoms with Crippen molar-refractivity contribution in [1.29, 1.82) is 0 Å². The predicted molar refractivity (Wildman–Crippen MR) is 153 cm³/mol. The minimum Gasteiger partial charge on any atom is -0.507 e. The SMILES string of the molecule is CCOc1ccc(Cl)c(/C(O)=C2\C(=O)C(=O)N(c3ccc(CC)cc3)C2c2ccc(N(CC)CC)cc2)c1. The maximum Gasteiger partial charge on any atom is 0.300 e. The molecule has 0 radical (unpaired) electrons. The standard InChI is InChI=1S/C31H33ClN2O4/c1-5-20-9-13-23(14-10-20)34-28(21-11-15-22(16-12-21)33(6-2)7-3)27(30(36)31(34)37)29(35)25-19-24(38-8-4)17-18-26(25)32/h9-19,28,35H,5-8H2,1-4H3/b29-27+. The van der Waals surface area contributed by atoms with Crippen molar-refractivity contribution in [2.45, 2.75) is 40.2 Å². The van der Waals surface area contributed by atoms with Crippen LogP contribution >= 0.6 is 11.6 Å². The van der Waals surface area contributed by atoms with Gasteiger partial charge >= 0.3 is 0 Å². The molecule has 1 aliphatic rings. The molecular weight excluding hydrogens is 500 g/mol. The minimum absolute atomic E-state index is 0.0132. The number of hydrogen-bond donors (Lipinski definition) is 1. The van der Waals surface area contributed by atoms with Crippen LogP contribution in [0.4, 0.5) is 11.4 Å². The number of carbonyl (C=O) groups excluding carboxylic acids is 2. The Morgan fingerprint density at radius 1 is 0.947 bits per heavy atom. The van der Waals surface area contributed by atoms with Gasteiger partial charge in [-0.15, -0.1) is 0 Å². The van der Waals surface area contributed by atoms with Crippen LogP contribution in [-0.2, 0) is 16.0 Å². The van der Waals surface area contributed by atoms with Crippen molar-refractivity contribution in [1.82, 2.24) is 0 Å². The van der Waals surface area contributed by atoms with Crippen LogP contribution < -0.4 is 14.5 Å². The average Bonchev–Trinajstić information content (AvgIpc) is 3.20. The smallest absolute Gasteiger partial charge is 0.300 e. The van der Waals surface area contributed by atoms with Gasteiger partial charge in [-0.25, -0.2) is 0 Å². The van der Waals surface area contributed by atoms with E-state index in [-0.39, 0.29) is 21.9 Å². The van der Waals surface area contributed by atoms with Crippen LogP contribution in [0.1, 0.15) is 50.4 Å². The lowest BCUT2D eigenvalue weighted by atomic mass is 9.94. The number of ketones is 1. The molecule has 1 fully saturated rings. The van der Waals surface area contributed by atoms with Crippen molar-refractivity contribution in [2.24, 2.45) is 0 Å². The molecule has 198 valence electrons. The molecule has 4 rings (SSSR count). The van der Waals surface area contributed by atoms with E-state index >= 15 is 0 Å². The predicted octanol–water partition coefficient (Wildman–Crippen LogP) is 6.77. The number of nitrogens with zero attached hydrogens (tertiary/aromatic N) is 2. The fourth-order valence-corrected chi connectivity index (χ4v) is 5.06. The van der Waals surface area contributed by atoms with Gasteiger partial charge in [-0.2, -0.15) is 0 Å². The van der Waals surface area contributed by atoms with E-state index in [1.807, 2.05) is 55.5 Å². The molecule has 7 heteroatoms. The molecule has 0 spiro atoms. The maximum absolute atomic E-state index is 13.5. The second-order valence-corrected chi connectivity index (χ2v) is 9.43. The quantitative estimate of drug-likeness (QED) is 0.187. The third-order valence-corrected chi connectivity index (χ3v) is 7.24. The molecule has 6 nitrogen and oxygen atoms in total. The summed E-state index contributed by atoms with van der Waals surface area (Å²) >= 11 is 6.46. The molecule has 38 heavy (non-hydrogen) atoms. The Bertz CT molecular complexity index is 1350. The van der Waals surface area contributed by atoms with Gasteiger partial charge in [0.15, 0.2) is 0 Å². The lowest BCUT2D eigenvalue weighted by Gasteiger charge is -2.27. The van der Waals surface area contributed by atoms with E-state index in [2.05, 4.69) is 25.7 Å². The average molecular weight is 533 g/mol. The first-order valence-corrected chi connectivity index (χ1v) is 13.4. The topological polar surface area (TPSA) is 70.1 Å². The molecule has 3 aromatic rings. The molecule has 1 N–H and O–H groups in total. The summed E-state index contributed by atoms with van der Waals surface area (Å²) in [6.07, 6.45) is 0.851. The van der Waals surface area contributed by atoms with Gasteiger partial charge in [0.1, 0.15) is 11.5 Å². The summed E-state index contributed by atoms with van der Waals surface area (Å²) in [6.45, 7) is 10.2. The molecular formula is C31H33ClN2O4. The van der Waals surface area contributed by atoms with E-state index < -0.39 is 17.7 Å². The number of ether oxygens (including phenoxy) is 1. The van der Waals surface area contributed by atoms with Gasteiger partial charge in [-0.1, -0.05) is 42.8 Å². The molecule has 0 bridgehead atoms. The molecule has 1 aliphatic heterocycles. The van der Waals surface area contributed by atoms with E-state index in [0.717, 1.165) is 30.8 Å². The van der Waals surface area contributed by atoms with Crippen molar-refractivity contribution in [3.63, 3.8) is 0 Å². The number of benzene rings is 3. The van der Waals surface area contributed by atoms with Crippen LogP contribution in [0.5, 0.6) is 5.75 Å².